The van der Waals surface area contributed by atoms with Gasteiger partial charge in [0.05, 0.1) is 22.4 Å². The molecule has 5 nitrogen and oxygen atoms in total. The van der Waals surface area contributed by atoms with Crippen molar-refractivity contribution < 1.29 is 0 Å². The molecule has 5 heteroatoms. The maximum absolute atomic E-state index is 5.14. The number of aromatic nitrogens is 4. The van der Waals surface area contributed by atoms with Gasteiger partial charge in [0.1, 0.15) is 0 Å². The van der Waals surface area contributed by atoms with Crippen molar-refractivity contribution in [2.75, 3.05) is 4.90 Å². The summed E-state index contributed by atoms with van der Waals surface area (Å²) in [6, 6.07) is 61.4. The Hall–Kier alpha value is -7.11. The average Bonchev–Trinajstić information content (AvgIpc) is 3.45. The minimum absolute atomic E-state index is 0.562. The number of hydrogen-bond acceptors (Lipinski definition) is 4. The first-order valence-corrected chi connectivity index (χ1v) is 17.5. The Labute approximate surface area is 301 Å². The molecule has 0 aliphatic carbocycles. The van der Waals surface area contributed by atoms with Gasteiger partial charge in [-0.3, -0.25) is 4.90 Å². The topological polar surface area (TPSA) is 46.8 Å². The van der Waals surface area contributed by atoms with Crippen LogP contribution in [-0.4, -0.2) is 19.5 Å². The van der Waals surface area contributed by atoms with Crippen LogP contribution in [-0.2, 0) is 0 Å². The summed E-state index contributed by atoms with van der Waals surface area (Å²) in [5.41, 5.74) is 11.8. The molecule has 0 bridgehead atoms. The van der Waals surface area contributed by atoms with Gasteiger partial charge in [-0.25, -0.2) is 4.98 Å². The van der Waals surface area contributed by atoms with E-state index in [4.69, 9.17) is 15.0 Å². The van der Waals surface area contributed by atoms with Gasteiger partial charge in [-0.2, -0.15) is 9.97 Å². The van der Waals surface area contributed by atoms with E-state index in [2.05, 4.69) is 137 Å². The molecule has 0 fully saturated rings. The zero-order chi connectivity index (χ0) is 34.4. The van der Waals surface area contributed by atoms with Crippen LogP contribution >= 0.6 is 0 Å². The molecule has 0 saturated heterocycles. The number of para-hydroxylation sites is 3. The van der Waals surface area contributed by atoms with E-state index >= 15 is 0 Å². The summed E-state index contributed by atoms with van der Waals surface area (Å²) < 4.78 is 2.37. The van der Waals surface area contributed by atoms with E-state index in [9.17, 15) is 0 Å². The van der Waals surface area contributed by atoms with Gasteiger partial charge in [0.2, 0.25) is 5.95 Å². The van der Waals surface area contributed by atoms with Gasteiger partial charge in [0.15, 0.2) is 11.6 Å². The molecule has 0 atom stereocenters. The summed E-state index contributed by atoms with van der Waals surface area (Å²) in [6.45, 7) is 0. The second kappa shape index (κ2) is 12.3. The second-order valence-corrected chi connectivity index (χ2v) is 12.9. The Morgan fingerprint density at radius 3 is 1.67 bits per heavy atom. The van der Waals surface area contributed by atoms with Crippen LogP contribution in [0, 0.1) is 0 Å². The molecule has 244 valence electrons. The van der Waals surface area contributed by atoms with Crippen molar-refractivity contribution in [3.05, 3.63) is 187 Å². The predicted octanol–water partition coefficient (Wildman–Crippen LogP) is 11.9. The van der Waals surface area contributed by atoms with E-state index in [1.165, 1.54) is 21.8 Å². The molecular formula is C47H31N5. The molecule has 52 heavy (non-hydrogen) atoms. The molecule has 0 unspecified atom stereocenters. The molecule has 0 N–H and O–H groups in total. The van der Waals surface area contributed by atoms with Crippen LogP contribution < -0.4 is 4.90 Å². The standard InChI is InChI=1S/C47H31N5/c1-4-15-33(16-5-1)45-48-46(34-17-6-2-7-18-34)50-47(49-45)52-41-22-12-10-14-32(41)24-25-37-30-35(27-29-42(37)52)36-26-28-40-39-21-11-13-23-43(39)51(44(40)31-36)38-19-8-3-9-20-38/h1-31H. The highest BCUT2D eigenvalue weighted by Gasteiger charge is 2.25. The molecule has 10 rings (SSSR count). The van der Waals surface area contributed by atoms with Gasteiger partial charge < -0.3 is 4.57 Å². The minimum Gasteiger partial charge on any atom is -0.309 e. The molecule has 0 radical (unpaired) electrons. The van der Waals surface area contributed by atoms with Crippen molar-refractivity contribution in [3.63, 3.8) is 0 Å². The summed E-state index contributed by atoms with van der Waals surface area (Å²) in [5.74, 6) is 1.81. The predicted molar refractivity (Wildman–Crippen MR) is 214 cm³/mol. The van der Waals surface area contributed by atoms with Gasteiger partial charge in [0.25, 0.3) is 0 Å². The Bertz CT molecular complexity index is 2730. The number of nitrogens with zero attached hydrogens (tertiary/aromatic N) is 5. The maximum atomic E-state index is 5.14. The second-order valence-electron chi connectivity index (χ2n) is 12.9. The maximum Gasteiger partial charge on any atom is 0.238 e. The molecule has 3 heterocycles. The van der Waals surface area contributed by atoms with Crippen LogP contribution in [0.3, 0.4) is 0 Å². The first-order valence-electron chi connectivity index (χ1n) is 17.5. The van der Waals surface area contributed by atoms with Crippen LogP contribution in [0.5, 0.6) is 0 Å². The molecule has 0 amide bonds. The fraction of sp³-hybridized carbons (Fsp3) is 0. The third kappa shape index (κ3) is 5.07. The smallest absolute Gasteiger partial charge is 0.238 e. The fourth-order valence-corrected chi connectivity index (χ4v) is 7.33. The minimum atomic E-state index is 0.562. The molecule has 1 aliphatic rings. The van der Waals surface area contributed by atoms with Crippen molar-refractivity contribution in [2.45, 2.75) is 0 Å². The highest BCUT2D eigenvalue weighted by molar-refractivity contribution is 6.10. The van der Waals surface area contributed by atoms with Crippen LogP contribution in [0.1, 0.15) is 11.1 Å². The molecule has 0 saturated carbocycles. The van der Waals surface area contributed by atoms with Gasteiger partial charge in [-0.1, -0.05) is 146 Å². The van der Waals surface area contributed by atoms with Crippen LogP contribution in [0.2, 0.25) is 0 Å². The number of hydrogen-bond donors (Lipinski definition) is 0. The normalized spacial score (nSPS) is 12.1. The van der Waals surface area contributed by atoms with Crippen molar-refractivity contribution in [2.24, 2.45) is 0 Å². The monoisotopic (exact) mass is 665 g/mol. The Morgan fingerprint density at radius 1 is 0.365 bits per heavy atom. The van der Waals surface area contributed by atoms with E-state index in [1.54, 1.807) is 0 Å². The molecular weight excluding hydrogens is 635 g/mol. The van der Waals surface area contributed by atoms with Crippen LogP contribution in [0.25, 0.3) is 73.5 Å². The first kappa shape index (κ1) is 29.8. The van der Waals surface area contributed by atoms with E-state index < -0.39 is 0 Å². The Kier molecular flexibility index (Phi) is 7.07. The molecule has 7 aromatic carbocycles. The number of anilines is 3. The summed E-state index contributed by atoms with van der Waals surface area (Å²) in [5, 5.41) is 2.48. The van der Waals surface area contributed by atoms with E-state index in [1.807, 2.05) is 60.7 Å². The summed E-state index contributed by atoms with van der Waals surface area (Å²) >= 11 is 0. The zero-order valence-electron chi connectivity index (χ0n) is 28.1. The number of benzene rings is 7. The van der Waals surface area contributed by atoms with Gasteiger partial charge in [-0.15, -0.1) is 0 Å². The summed E-state index contributed by atoms with van der Waals surface area (Å²) in [7, 11) is 0. The van der Waals surface area contributed by atoms with Crippen LogP contribution in [0.15, 0.2) is 176 Å². The highest BCUT2D eigenvalue weighted by atomic mass is 15.3. The average molecular weight is 666 g/mol. The first-order chi connectivity index (χ1) is 25.8. The van der Waals surface area contributed by atoms with E-state index in [-0.39, 0.29) is 0 Å². The molecule has 0 spiro atoms. The fourth-order valence-electron chi connectivity index (χ4n) is 7.33. The molecule has 2 aromatic heterocycles. The van der Waals surface area contributed by atoms with Gasteiger partial charge >= 0.3 is 0 Å². The lowest BCUT2D eigenvalue weighted by molar-refractivity contribution is 1.02. The van der Waals surface area contributed by atoms with E-state index in [0.717, 1.165) is 50.4 Å². The van der Waals surface area contributed by atoms with E-state index in [0.29, 0.717) is 17.6 Å². The van der Waals surface area contributed by atoms with Crippen molar-refractivity contribution in [1.29, 1.82) is 0 Å². The van der Waals surface area contributed by atoms with Gasteiger partial charge in [0, 0.05) is 27.6 Å². The van der Waals surface area contributed by atoms with Crippen molar-refractivity contribution in [3.8, 4) is 39.6 Å². The number of fused-ring (bicyclic) bond motifs is 5. The zero-order valence-corrected chi connectivity index (χ0v) is 28.1. The summed E-state index contributed by atoms with van der Waals surface area (Å²) in [4.78, 5) is 17.4. The third-order valence-corrected chi connectivity index (χ3v) is 9.80. The van der Waals surface area contributed by atoms with Crippen LogP contribution in [0.4, 0.5) is 17.3 Å². The largest absolute Gasteiger partial charge is 0.309 e. The number of rotatable bonds is 5. The molecule has 1 aliphatic heterocycles. The van der Waals surface area contributed by atoms with Crippen molar-refractivity contribution >= 4 is 51.3 Å². The highest BCUT2D eigenvalue weighted by Crippen LogP contribution is 2.43. The van der Waals surface area contributed by atoms with Crippen molar-refractivity contribution in [1.82, 2.24) is 19.5 Å². The lowest BCUT2D eigenvalue weighted by Gasteiger charge is -2.26. The quantitative estimate of drug-likeness (QED) is 0.184. The summed E-state index contributed by atoms with van der Waals surface area (Å²) in [6.07, 6.45) is 4.39. The Balaban J connectivity index is 1.15. The lowest BCUT2D eigenvalue weighted by Crippen LogP contribution is -2.16. The third-order valence-electron chi connectivity index (χ3n) is 9.80. The van der Waals surface area contributed by atoms with Gasteiger partial charge in [-0.05, 0) is 64.7 Å². The molecule has 9 aromatic rings. The Morgan fingerprint density at radius 2 is 0.923 bits per heavy atom. The lowest BCUT2D eigenvalue weighted by atomic mass is 9.99. The SMILES string of the molecule is C1=Cc2cc(-c3ccc4c5ccccc5n(-c5ccccc5)c4c3)ccc2N(c2nc(-c3ccccc3)nc(-c3ccccc3)n2)c2ccccc21.